The van der Waals surface area contributed by atoms with Gasteiger partial charge in [-0.2, -0.15) is 0 Å². The lowest BCUT2D eigenvalue weighted by Gasteiger charge is -2.11. The largest absolute Gasteiger partial charge is 0.495 e. The summed E-state index contributed by atoms with van der Waals surface area (Å²) in [7, 11) is -2.42. The lowest BCUT2D eigenvalue weighted by Crippen LogP contribution is -2.20. The van der Waals surface area contributed by atoms with Crippen molar-refractivity contribution in [3.05, 3.63) is 76.0 Å². The zero-order valence-electron chi connectivity index (χ0n) is 16.6. The molecule has 0 saturated heterocycles. The molecule has 0 aliphatic carbocycles. The van der Waals surface area contributed by atoms with Crippen molar-refractivity contribution in [1.29, 1.82) is 0 Å². The van der Waals surface area contributed by atoms with Crippen molar-refractivity contribution < 1.29 is 27.1 Å². The molecule has 0 aromatic heterocycles. The molecule has 2 N–H and O–H groups in total. The zero-order valence-corrected chi connectivity index (χ0v) is 19.7. The number of sulfonamides is 1. The third-order valence-electron chi connectivity index (χ3n) is 4.11. The van der Waals surface area contributed by atoms with Gasteiger partial charge in [-0.15, -0.1) is 0 Å². The number of anilines is 2. The Bertz CT molecular complexity index is 1240. The highest BCUT2D eigenvalue weighted by Crippen LogP contribution is 2.28. The van der Waals surface area contributed by atoms with Gasteiger partial charge in [0.1, 0.15) is 17.3 Å². The molecular formula is C21H17BrClFN2O5S. The van der Waals surface area contributed by atoms with Crippen molar-refractivity contribution in [2.45, 2.75) is 4.90 Å². The van der Waals surface area contributed by atoms with E-state index in [2.05, 4.69) is 26.0 Å². The van der Waals surface area contributed by atoms with Crippen molar-refractivity contribution in [2.75, 3.05) is 23.8 Å². The summed E-state index contributed by atoms with van der Waals surface area (Å²) < 4.78 is 52.3. The summed E-state index contributed by atoms with van der Waals surface area (Å²) in [5.74, 6) is -0.472. The lowest BCUT2D eigenvalue weighted by molar-refractivity contribution is -0.118. The van der Waals surface area contributed by atoms with Crippen LogP contribution in [0.15, 0.2) is 70.0 Å². The Kier molecular flexibility index (Phi) is 7.60. The van der Waals surface area contributed by atoms with Crippen LogP contribution in [0.2, 0.25) is 5.02 Å². The van der Waals surface area contributed by atoms with Crippen molar-refractivity contribution in [3.8, 4) is 11.5 Å². The van der Waals surface area contributed by atoms with Crippen LogP contribution in [-0.2, 0) is 14.8 Å². The second-order valence-corrected chi connectivity index (χ2v) is 9.39. The average molecular weight is 544 g/mol. The number of carbonyl (C=O) groups is 1. The van der Waals surface area contributed by atoms with E-state index in [4.69, 9.17) is 21.1 Å². The molecule has 0 unspecified atom stereocenters. The molecule has 3 aromatic carbocycles. The third-order valence-corrected chi connectivity index (χ3v) is 6.30. The predicted molar refractivity (Wildman–Crippen MR) is 123 cm³/mol. The van der Waals surface area contributed by atoms with Crippen LogP contribution >= 0.6 is 27.5 Å². The second kappa shape index (κ2) is 10.2. The van der Waals surface area contributed by atoms with Crippen LogP contribution < -0.4 is 19.5 Å². The Morgan fingerprint density at radius 2 is 1.81 bits per heavy atom. The minimum atomic E-state index is -3.88. The number of hydrogen-bond acceptors (Lipinski definition) is 5. The Labute approximate surface area is 197 Å². The SMILES string of the molecule is COc1ccc(NS(=O)(=O)c2ccc(OCC(=O)Nc3ccc(Br)cc3F)cc2)cc1Cl. The van der Waals surface area contributed by atoms with Gasteiger partial charge in [0.2, 0.25) is 0 Å². The molecule has 0 aliphatic rings. The van der Waals surface area contributed by atoms with Gasteiger partial charge in [-0.3, -0.25) is 9.52 Å². The number of hydrogen-bond donors (Lipinski definition) is 2. The minimum absolute atomic E-state index is 0.0156. The van der Waals surface area contributed by atoms with Crippen molar-refractivity contribution in [1.82, 2.24) is 0 Å². The molecule has 3 aromatic rings. The van der Waals surface area contributed by atoms with E-state index >= 15 is 0 Å². The normalized spacial score (nSPS) is 11.0. The maximum atomic E-state index is 13.8. The molecule has 0 bridgehead atoms. The number of amides is 1. The summed E-state index contributed by atoms with van der Waals surface area (Å²) >= 11 is 9.16. The number of nitrogens with one attached hydrogen (secondary N) is 2. The fraction of sp³-hybridized carbons (Fsp3) is 0.0952. The quantitative estimate of drug-likeness (QED) is 0.414. The van der Waals surface area contributed by atoms with Gasteiger partial charge in [-0.1, -0.05) is 27.5 Å². The maximum Gasteiger partial charge on any atom is 0.262 e. The highest BCUT2D eigenvalue weighted by Gasteiger charge is 2.16. The first kappa shape index (κ1) is 23.8. The van der Waals surface area contributed by atoms with Gasteiger partial charge in [-0.25, -0.2) is 12.8 Å². The summed E-state index contributed by atoms with van der Waals surface area (Å²) in [5, 5.41) is 2.66. The minimum Gasteiger partial charge on any atom is -0.495 e. The van der Waals surface area contributed by atoms with E-state index in [9.17, 15) is 17.6 Å². The molecule has 0 fully saturated rings. The van der Waals surface area contributed by atoms with Gasteiger partial charge < -0.3 is 14.8 Å². The van der Waals surface area contributed by atoms with Gasteiger partial charge in [-0.05, 0) is 60.7 Å². The van der Waals surface area contributed by atoms with E-state index < -0.39 is 21.7 Å². The second-order valence-electron chi connectivity index (χ2n) is 6.39. The first-order valence-corrected chi connectivity index (χ1v) is 11.7. The molecule has 0 aliphatic heterocycles. The average Bonchev–Trinajstić information content (AvgIpc) is 2.74. The molecule has 0 spiro atoms. The summed E-state index contributed by atoms with van der Waals surface area (Å²) in [5.41, 5.74) is 0.293. The molecule has 0 radical (unpaired) electrons. The van der Waals surface area contributed by atoms with E-state index in [0.717, 1.165) is 0 Å². The molecular weight excluding hydrogens is 527 g/mol. The molecule has 11 heteroatoms. The van der Waals surface area contributed by atoms with E-state index in [1.165, 1.54) is 55.6 Å². The lowest BCUT2D eigenvalue weighted by atomic mass is 10.3. The summed E-state index contributed by atoms with van der Waals surface area (Å²) in [6, 6.07) is 14.2. The molecule has 3 rings (SSSR count). The maximum absolute atomic E-state index is 13.8. The number of benzene rings is 3. The highest BCUT2D eigenvalue weighted by molar-refractivity contribution is 9.10. The van der Waals surface area contributed by atoms with Crippen molar-refractivity contribution in [2.24, 2.45) is 0 Å². The summed E-state index contributed by atoms with van der Waals surface area (Å²) in [6.07, 6.45) is 0. The zero-order chi connectivity index (χ0) is 23.3. The Balaban J connectivity index is 1.60. The Morgan fingerprint density at radius 3 is 2.44 bits per heavy atom. The van der Waals surface area contributed by atoms with Crippen LogP contribution in [0.3, 0.4) is 0 Å². The molecule has 168 valence electrons. The van der Waals surface area contributed by atoms with E-state index in [1.807, 2.05) is 0 Å². The van der Waals surface area contributed by atoms with Crippen LogP contribution in [0, 0.1) is 5.82 Å². The standard InChI is InChI=1S/C21H17BrClFN2O5S/c1-30-20-9-3-14(11-17(20)23)26-32(28,29)16-6-4-15(5-7-16)31-12-21(27)25-19-8-2-13(22)10-18(19)24/h2-11,26H,12H2,1H3,(H,25,27). The number of carbonyl (C=O) groups excluding carboxylic acids is 1. The molecule has 7 nitrogen and oxygen atoms in total. The van der Waals surface area contributed by atoms with Gasteiger partial charge in [0.25, 0.3) is 15.9 Å². The Hall–Kier alpha value is -2.82. The summed E-state index contributed by atoms with van der Waals surface area (Å²) in [4.78, 5) is 12.0. The van der Waals surface area contributed by atoms with E-state index in [1.54, 1.807) is 12.1 Å². The number of rotatable bonds is 8. The topological polar surface area (TPSA) is 93.7 Å². The monoisotopic (exact) mass is 542 g/mol. The Morgan fingerprint density at radius 1 is 1.09 bits per heavy atom. The molecule has 32 heavy (non-hydrogen) atoms. The smallest absolute Gasteiger partial charge is 0.262 e. The predicted octanol–water partition coefficient (Wildman–Crippen LogP) is 5.07. The van der Waals surface area contributed by atoms with Gasteiger partial charge >= 0.3 is 0 Å². The molecule has 1 amide bonds. The highest BCUT2D eigenvalue weighted by atomic mass is 79.9. The van der Waals surface area contributed by atoms with Crippen LogP contribution in [-0.4, -0.2) is 28.0 Å². The summed E-state index contributed by atoms with van der Waals surface area (Å²) in [6.45, 7) is -0.385. The van der Waals surface area contributed by atoms with Crippen molar-refractivity contribution >= 4 is 54.8 Å². The van der Waals surface area contributed by atoms with Crippen LogP contribution in [0.1, 0.15) is 0 Å². The third kappa shape index (κ3) is 6.12. The molecule has 0 atom stereocenters. The van der Waals surface area contributed by atoms with Gasteiger partial charge in [0.15, 0.2) is 6.61 Å². The first-order valence-electron chi connectivity index (χ1n) is 9.02. The van der Waals surface area contributed by atoms with Crippen LogP contribution in [0.5, 0.6) is 11.5 Å². The van der Waals surface area contributed by atoms with Crippen LogP contribution in [0.25, 0.3) is 0 Å². The van der Waals surface area contributed by atoms with Gasteiger partial charge in [0, 0.05) is 4.47 Å². The van der Waals surface area contributed by atoms with E-state index in [0.29, 0.717) is 10.2 Å². The molecule has 0 heterocycles. The van der Waals surface area contributed by atoms with E-state index in [-0.39, 0.29) is 33.6 Å². The number of ether oxygens (including phenoxy) is 2. The van der Waals surface area contributed by atoms with Crippen LogP contribution in [0.4, 0.5) is 15.8 Å². The first-order chi connectivity index (χ1) is 15.2. The van der Waals surface area contributed by atoms with Gasteiger partial charge in [0.05, 0.1) is 28.4 Å². The fourth-order valence-electron chi connectivity index (χ4n) is 2.58. The van der Waals surface area contributed by atoms with Crippen molar-refractivity contribution in [3.63, 3.8) is 0 Å². The molecule has 0 saturated carbocycles. The number of halogens is 3. The fourth-order valence-corrected chi connectivity index (χ4v) is 4.23. The number of methoxy groups -OCH3 is 1.